The van der Waals surface area contributed by atoms with Gasteiger partial charge in [0, 0.05) is 13.0 Å². The van der Waals surface area contributed by atoms with Crippen molar-refractivity contribution in [3.8, 4) is 0 Å². The zero-order chi connectivity index (χ0) is 10.0. The van der Waals surface area contributed by atoms with Crippen molar-refractivity contribution in [3.05, 3.63) is 0 Å². The average Bonchev–Trinajstić information content (AvgIpc) is 2.19. The van der Waals surface area contributed by atoms with Gasteiger partial charge >= 0.3 is 0 Å². The van der Waals surface area contributed by atoms with E-state index >= 15 is 0 Å². The van der Waals surface area contributed by atoms with E-state index in [2.05, 4.69) is 6.92 Å². The molecule has 0 aromatic carbocycles. The van der Waals surface area contributed by atoms with Crippen LogP contribution in [-0.4, -0.2) is 23.4 Å². The molecule has 0 aromatic rings. The fourth-order valence-corrected chi connectivity index (χ4v) is 3.11. The van der Waals surface area contributed by atoms with Gasteiger partial charge in [0.2, 0.25) is 0 Å². The summed E-state index contributed by atoms with van der Waals surface area (Å²) >= 11 is 0. The van der Waals surface area contributed by atoms with Gasteiger partial charge in [-0.1, -0.05) is 19.3 Å². The second-order valence-electron chi connectivity index (χ2n) is 5.07. The van der Waals surface area contributed by atoms with Crippen LogP contribution in [0.1, 0.15) is 51.9 Å². The Morgan fingerprint density at radius 1 is 1.21 bits per heavy atom. The van der Waals surface area contributed by atoms with Crippen molar-refractivity contribution in [1.29, 1.82) is 0 Å². The van der Waals surface area contributed by atoms with E-state index in [9.17, 15) is 5.11 Å². The summed E-state index contributed by atoms with van der Waals surface area (Å²) in [6.45, 7) is 2.82. The molecule has 1 N–H and O–H groups in total. The van der Waals surface area contributed by atoms with Gasteiger partial charge in [-0.2, -0.15) is 0 Å². The fraction of sp³-hybridized carbons (Fsp3) is 1.00. The van der Waals surface area contributed by atoms with Gasteiger partial charge in [-0.15, -0.1) is 0 Å². The van der Waals surface area contributed by atoms with Crippen LogP contribution in [0, 0.1) is 5.92 Å². The first-order valence-electron chi connectivity index (χ1n) is 6.05. The highest BCUT2D eigenvalue weighted by Crippen LogP contribution is 2.39. The highest BCUT2D eigenvalue weighted by molar-refractivity contribution is 4.91. The topological polar surface area (TPSA) is 29.5 Å². The van der Waals surface area contributed by atoms with Gasteiger partial charge in [0.05, 0.1) is 11.7 Å². The minimum absolute atomic E-state index is 0.246. The van der Waals surface area contributed by atoms with E-state index in [0.29, 0.717) is 5.92 Å². The second kappa shape index (κ2) is 4.19. The maximum Gasteiger partial charge on any atom is 0.0722 e. The summed E-state index contributed by atoms with van der Waals surface area (Å²) < 4.78 is 5.50. The summed E-state index contributed by atoms with van der Waals surface area (Å²) in [6, 6.07) is 0. The SMILES string of the molecule is CC1CC(O)(C2CCCCC2)CCO1. The molecule has 0 radical (unpaired) electrons. The van der Waals surface area contributed by atoms with Gasteiger partial charge in [-0.3, -0.25) is 0 Å². The smallest absolute Gasteiger partial charge is 0.0722 e. The van der Waals surface area contributed by atoms with Crippen molar-refractivity contribution in [2.75, 3.05) is 6.61 Å². The van der Waals surface area contributed by atoms with E-state index in [1.165, 1.54) is 32.1 Å². The zero-order valence-corrected chi connectivity index (χ0v) is 9.17. The lowest BCUT2D eigenvalue weighted by Crippen LogP contribution is -2.46. The summed E-state index contributed by atoms with van der Waals surface area (Å²) in [4.78, 5) is 0. The molecular weight excluding hydrogens is 176 g/mol. The largest absolute Gasteiger partial charge is 0.389 e. The highest BCUT2D eigenvalue weighted by atomic mass is 16.5. The minimum atomic E-state index is -0.405. The van der Waals surface area contributed by atoms with Crippen LogP contribution < -0.4 is 0 Å². The molecule has 0 spiro atoms. The van der Waals surface area contributed by atoms with Crippen molar-refractivity contribution >= 4 is 0 Å². The van der Waals surface area contributed by atoms with Crippen LogP contribution in [0.3, 0.4) is 0 Å². The Labute approximate surface area is 86.6 Å². The number of rotatable bonds is 1. The van der Waals surface area contributed by atoms with Crippen molar-refractivity contribution in [2.24, 2.45) is 5.92 Å². The zero-order valence-electron chi connectivity index (χ0n) is 9.17. The Kier molecular flexibility index (Phi) is 3.13. The third-order valence-corrected chi connectivity index (χ3v) is 3.94. The molecule has 1 aliphatic heterocycles. The van der Waals surface area contributed by atoms with E-state index in [4.69, 9.17) is 4.74 Å². The quantitative estimate of drug-likeness (QED) is 0.701. The van der Waals surface area contributed by atoms with Gasteiger partial charge in [0.25, 0.3) is 0 Å². The van der Waals surface area contributed by atoms with Gasteiger partial charge < -0.3 is 9.84 Å². The molecule has 2 rings (SSSR count). The lowest BCUT2D eigenvalue weighted by atomic mass is 9.72. The lowest BCUT2D eigenvalue weighted by Gasteiger charge is -2.43. The third-order valence-electron chi connectivity index (χ3n) is 3.94. The first-order chi connectivity index (χ1) is 6.71. The first kappa shape index (κ1) is 10.4. The summed E-state index contributed by atoms with van der Waals surface area (Å²) in [5.74, 6) is 0.544. The Hall–Kier alpha value is -0.0800. The van der Waals surface area contributed by atoms with Crippen molar-refractivity contribution in [2.45, 2.75) is 63.6 Å². The highest BCUT2D eigenvalue weighted by Gasteiger charge is 2.40. The normalized spacial score (nSPS) is 41.1. The average molecular weight is 198 g/mol. The van der Waals surface area contributed by atoms with Gasteiger partial charge in [-0.05, 0) is 32.1 Å². The Morgan fingerprint density at radius 2 is 1.93 bits per heavy atom. The van der Waals surface area contributed by atoms with Crippen LogP contribution in [0.2, 0.25) is 0 Å². The molecule has 2 nitrogen and oxygen atoms in total. The Balaban J connectivity index is 1.98. The van der Waals surface area contributed by atoms with Gasteiger partial charge in [0.15, 0.2) is 0 Å². The molecule has 2 heteroatoms. The maximum atomic E-state index is 10.6. The molecule has 1 heterocycles. The molecule has 1 aliphatic carbocycles. The summed E-state index contributed by atoms with van der Waals surface area (Å²) in [6.07, 6.45) is 8.37. The van der Waals surface area contributed by atoms with Crippen molar-refractivity contribution in [3.63, 3.8) is 0 Å². The molecule has 0 amide bonds. The maximum absolute atomic E-state index is 10.6. The summed E-state index contributed by atoms with van der Waals surface area (Å²) in [5.41, 5.74) is -0.405. The van der Waals surface area contributed by atoms with Crippen LogP contribution in [0.15, 0.2) is 0 Å². The molecular formula is C12H22O2. The van der Waals surface area contributed by atoms with Crippen molar-refractivity contribution < 1.29 is 9.84 Å². The molecule has 0 aromatic heterocycles. The standard InChI is InChI=1S/C12H22O2/c1-10-9-12(13,7-8-14-10)11-5-3-2-4-6-11/h10-11,13H,2-9H2,1H3. The molecule has 1 saturated heterocycles. The molecule has 2 aliphatic rings. The van der Waals surface area contributed by atoms with Crippen LogP contribution in [-0.2, 0) is 4.74 Å². The lowest BCUT2D eigenvalue weighted by molar-refractivity contribution is -0.132. The molecule has 2 unspecified atom stereocenters. The monoisotopic (exact) mass is 198 g/mol. The third kappa shape index (κ3) is 2.12. The van der Waals surface area contributed by atoms with E-state index < -0.39 is 5.60 Å². The van der Waals surface area contributed by atoms with E-state index in [1.807, 2.05) is 0 Å². The number of hydrogen-bond donors (Lipinski definition) is 1. The minimum Gasteiger partial charge on any atom is -0.389 e. The van der Waals surface area contributed by atoms with Crippen molar-refractivity contribution in [1.82, 2.24) is 0 Å². The summed E-state index contributed by atoms with van der Waals surface area (Å²) in [7, 11) is 0. The molecule has 2 atom stereocenters. The fourth-order valence-electron chi connectivity index (χ4n) is 3.11. The first-order valence-corrected chi connectivity index (χ1v) is 6.05. The van der Waals surface area contributed by atoms with Gasteiger partial charge in [-0.25, -0.2) is 0 Å². The second-order valence-corrected chi connectivity index (χ2v) is 5.07. The molecule has 14 heavy (non-hydrogen) atoms. The van der Waals surface area contributed by atoms with E-state index in [0.717, 1.165) is 19.4 Å². The van der Waals surface area contributed by atoms with Gasteiger partial charge in [0.1, 0.15) is 0 Å². The van der Waals surface area contributed by atoms with E-state index in [-0.39, 0.29) is 6.10 Å². The Morgan fingerprint density at radius 3 is 2.57 bits per heavy atom. The van der Waals surface area contributed by atoms with Crippen LogP contribution in [0.4, 0.5) is 0 Å². The van der Waals surface area contributed by atoms with E-state index in [1.54, 1.807) is 0 Å². The molecule has 82 valence electrons. The number of hydrogen-bond acceptors (Lipinski definition) is 2. The van der Waals surface area contributed by atoms with Crippen LogP contribution >= 0.6 is 0 Å². The Bertz CT molecular complexity index is 187. The van der Waals surface area contributed by atoms with Crippen LogP contribution in [0.25, 0.3) is 0 Å². The number of aliphatic hydroxyl groups is 1. The molecule has 2 fully saturated rings. The number of ether oxygens (including phenoxy) is 1. The predicted octanol–water partition coefficient (Wildman–Crippen LogP) is 2.50. The molecule has 0 bridgehead atoms. The summed E-state index contributed by atoms with van der Waals surface area (Å²) in [5, 5.41) is 10.6. The van der Waals surface area contributed by atoms with Crippen LogP contribution in [0.5, 0.6) is 0 Å². The predicted molar refractivity (Wildman–Crippen MR) is 56.2 cm³/mol. The molecule has 1 saturated carbocycles.